The van der Waals surface area contributed by atoms with Gasteiger partial charge in [0.05, 0.1) is 12.7 Å². The van der Waals surface area contributed by atoms with Crippen LogP contribution in [0.2, 0.25) is 0 Å². The number of likely N-dealkylation sites (N-methyl/N-ethyl adjacent to an activating group) is 1. The molecule has 3 aromatic rings. The Morgan fingerprint density at radius 1 is 1.27 bits per heavy atom. The van der Waals surface area contributed by atoms with Crippen LogP contribution in [0.25, 0.3) is 10.9 Å². The molecule has 0 unspecified atom stereocenters. The number of hydrogen-bond acceptors (Lipinski definition) is 4. The number of nitrogens with zero attached hydrogens (tertiary/aromatic N) is 3. The molecule has 112 valence electrons. The van der Waals surface area contributed by atoms with Crippen molar-refractivity contribution >= 4 is 16.7 Å². The van der Waals surface area contributed by atoms with Gasteiger partial charge in [-0.3, -0.25) is 0 Å². The first-order valence-corrected chi connectivity index (χ1v) is 7.56. The Morgan fingerprint density at radius 3 is 3.14 bits per heavy atom. The number of benzene rings is 1. The molecule has 5 heteroatoms. The summed E-state index contributed by atoms with van der Waals surface area (Å²) in [6.07, 6.45) is 5.62. The van der Waals surface area contributed by atoms with Gasteiger partial charge in [0.15, 0.2) is 11.6 Å². The van der Waals surface area contributed by atoms with Gasteiger partial charge in [-0.25, -0.2) is 9.97 Å². The van der Waals surface area contributed by atoms with E-state index in [2.05, 4.69) is 44.2 Å². The van der Waals surface area contributed by atoms with E-state index in [0.29, 0.717) is 6.61 Å². The summed E-state index contributed by atoms with van der Waals surface area (Å²) in [6.45, 7) is 1.56. The Balaban J connectivity index is 1.55. The lowest BCUT2D eigenvalue weighted by Crippen LogP contribution is -2.30. The fraction of sp³-hybridized carbons (Fsp3) is 0.294. The number of ether oxygens (including phenoxy) is 1. The minimum atomic E-state index is 0.696. The van der Waals surface area contributed by atoms with Crippen LogP contribution in [0.5, 0.6) is 5.75 Å². The van der Waals surface area contributed by atoms with Crippen LogP contribution in [0, 0.1) is 0 Å². The number of anilines is 1. The summed E-state index contributed by atoms with van der Waals surface area (Å²) in [5.74, 6) is 2.54. The lowest BCUT2D eigenvalue weighted by atomic mass is 10.1. The molecule has 0 fully saturated rings. The van der Waals surface area contributed by atoms with E-state index in [4.69, 9.17) is 4.74 Å². The van der Waals surface area contributed by atoms with Crippen LogP contribution in [-0.4, -0.2) is 35.2 Å². The number of aromatic amines is 1. The zero-order valence-corrected chi connectivity index (χ0v) is 12.5. The van der Waals surface area contributed by atoms with Gasteiger partial charge in [0.25, 0.3) is 0 Å². The predicted molar refractivity (Wildman–Crippen MR) is 86.5 cm³/mol. The Kier molecular flexibility index (Phi) is 3.18. The van der Waals surface area contributed by atoms with Crippen LogP contribution in [-0.2, 0) is 12.8 Å². The summed E-state index contributed by atoms with van der Waals surface area (Å²) in [4.78, 5) is 14.5. The zero-order valence-electron chi connectivity index (χ0n) is 12.5. The Hall–Kier alpha value is -2.56. The van der Waals surface area contributed by atoms with E-state index in [-0.39, 0.29) is 0 Å². The smallest absolute Gasteiger partial charge is 0.180 e. The molecule has 5 nitrogen and oxygen atoms in total. The van der Waals surface area contributed by atoms with Crippen molar-refractivity contribution in [2.24, 2.45) is 0 Å². The molecule has 0 saturated heterocycles. The molecule has 0 radical (unpaired) electrons. The molecule has 2 aromatic heterocycles. The SMILES string of the molecule is CN1CCOc2cnc(CCc3c[nH]c4ccccc34)nc21. The molecule has 0 aliphatic carbocycles. The Morgan fingerprint density at radius 2 is 2.18 bits per heavy atom. The molecule has 0 amide bonds. The van der Waals surface area contributed by atoms with Crippen molar-refractivity contribution in [3.8, 4) is 5.75 Å². The summed E-state index contributed by atoms with van der Waals surface area (Å²) < 4.78 is 5.59. The van der Waals surface area contributed by atoms with Crippen LogP contribution in [0.1, 0.15) is 11.4 Å². The van der Waals surface area contributed by atoms with Crippen LogP contribution < -0.4 is 9.64 Å². The summed E-state index contributed by atoms with van der Waals surface area (Å²) in [7, 11) is 2.04. The van der Waals surface area contributed by atoms with Crippen molar-refractivity contribution < 1.29 is 4.74 Å². The van der Waals surface area contributed by atoms with E-state index in [9.17, 15) is 0 Å². The second kappa shape index (κ2) is 5.33. The van der Waals surface area contributed by atoms with E-state index in [0.717, 1.165) is 36.8 Å². The van der Waals surface area contributed by atoms with Crippen molar-refractivity contribution in [2.75, 3.05) is 25.1 Å². The van der Waals surface area contributed by atoms with Gasteiger partial charge in [-0.05, 0) is 18.1 Å². The van der Waals surface area contributed by atoms with Gasteiger partial charge in [0, 0.05) is 30.6 Å². The highest BCUT2D eigenvalue weighted by molar-refractivity contribution is 5.83. The summed E-state index contributed by atoms with van der Waals surface area (Å²) in [5, 5.41) is 1.28. The zero-order chi connectivity index (χ0) is 14.9. The highest BCUT2D eigenvalue weighted by Crippen LogP contribution is 2.27. The summed E-state index contributed by atoms with van der Waals surface area (Å²) in [5.41, 5.74) is 2.48. The van der Waals surface area contributed by atoms with Crippen molar-refractivity contribution in [3.05, 3.63) is 48.0 Å². The molecule has 22 heavy (non-hydrogen) atoms. The minimum Gasteiger partial charge on any atom is -0.486 e. The molecule has 1 N–H and O–H groups in total. The normalized spacial score (nSPS) is 14.0. The van der Waals surface area contributed by atoms with Crippen molar-refractivity contribution in [3.63, 3.8) is 0 Å². The van der Waals surface area contributed by atoms with Crippen LogP contribution >= 0.6 is 0 Å². The maximum atomic E-state index is 5.59. The quantitative estimate of drug-likeness (QED) is 0.806. The standard InChI is InChI=1S/C17H18N4O/c1-21-8-9-22-15-11-19-16(20-17(15)21)7-6-12-10-18-14-5-3-2-4-13(12)14/h2-5,10-11,18H,6-9H2,1H3. The third kappa shape index (κ3) is 2.28. The molecule has 1 aromatic carbocycles. The number of nitrogens with one attached hydrogen (secondary N) is 1. The maximum Gasteiger partial charge on any atom is 0.180 e. The van der Waals surface area contributed by atoms with Gasteiger partial charge in [-0.2, -0.15) is 0 Å². The lowest BCUT2D eigenvalue weighted by molar-refractivity contribution is 0.307. The van der Waals surface area contributed by atoms with Crippen LogP contribution in [0.15, 0.2) is 36.7 Å². The van der Waals surface area contributed by atoms with E-state index < -0.39 is 0 Å². The lowest BCUT2D eigenvalue weighted by Gasteiger charge is -2.26. The molecule has 0 atom stereocenters. The highest BCUT2D eigenvalue weighted by Gasteiger charge is 2.17. The van der Waals surface area contributed by atoms with Crippen molar-refractivity contribution in [2.45, 2.75) is 12.8 Å². The first-order valence-electron chi connectivity index (χ1n) is 7.56. The number of aromatic nitrogens is 3. The summed E-state index contributed by atoms with van der Waals surface area (Å²) >= 11 is 0. The van der Waals surface area contributed by atoms with E-state index in [1.807, 2.05) is 13.1 Å². The molecular formula is C17H18N4O. The molecule has 0 bridgehead atoms. The molecule has 1 aliphatic heterocycles. The van der Waals surface area contributed by atoms with Gasteiger partial charge in [-0.15, -0.1) is 0 Å². The topological polar surface area (TPSA) is 54.0 Å². The summed E-state index contributed by atoms with van der Waals surface area (Å²) in [6, 6.07) is 8.36. The van der Waals surface area contributed by atoms with Crippen LogP contribution in [0.3, 0.4) is 0 Å². The van der Waals surface area contributed by atoms with Gasteiger partial charge in [0.1, 0.15) is 12.4 Å². The third-order valence-electron chi connectivity index (χ3n) is 4.12. The second-order valence-electron chi connectivity index (χ2n) is 5.60. The number of rotatable bonds is 3. The molecule has 3 heterocycles. The fourth-order valence-electron chi connectivity index (χ4n) is 2.88. The Bertz CT molecular complexity index is 811. The fourth-order valence-corrected chi connectivity index (χ4v) is 2.88. The monoisotopic (exact) mass is 294 g/mol. The number of para-hydroxylation sites is 1. The molecular weight excluding hydrogens is 276 g/mol. The first-order chi connectivity index (χ1) is 10.8. The Labute approximate surface area is 129 Å². The van der Waals surface area contributed by atoms with Gasteiger partial charge in [0.2, 0.25) is 0 Å². The molecule has 4 rings (SSSR count). The molecule has 1 aliphatic rings. The average Bonchev–Trinajstić information content (AvgIpc) is 2.97. The number of hydrogen-bond donors (Lipinski definition) is 1. The second-order valence-corrected chi connectivity index (χ2v) is 5.60. The van der Waals surface area contributed by atoms with E-state index >= 15 is 0 Å². The van der Waals surface area contributed by atoms with Crippen molar-refractivity contribution in [1.29, 1.82) is 0 Å². The van der Waals surface area contributed by atoms with Crippen molar-refractivity contribution in [1.82, 2.24) is 15.0 Å². The number of fused-ring (bicyclic) bond motifs is 2. The maximum absolute atomic E-state index is 5.59. The highest BCUT2D eigenvalue weighted by atomic mass is 16.5. The van der Waals surface area contributed by atoms with Gasteiger partial charge in [-0.1, -0.05) is 18.2 Å². The number of H-pyrrole nitrogens is 1. The van der Waals surface area contributed by atoms with Crippen LogP contribution in [0.4, 0.5) is 5.82 Å². The third-order valence-corrected chi connectivity index (χ3v) is 4.12. The predicted octanol–water partition coefficient (Wildman–Crippen LogP) is 2.57. The molecule has 0 spiro atoms. The largest absolute Gasteiger partial charge is 0.486 e. The minimum absolute atomic E-state index is 0.696. The van der Waals surface area contributed by atoms with Gasteiger partial charge >= 0.3 is 0 Å². The molecule has 0 saturated carbocycles. The van der Waals surface area contributed by atoms with E-state index in [1.165, 1.54) is 16.5 Å². The van der Waals surface area contributed by atoms with Gasteiger partial charge < -0.3 is 14.6 Å². The first kappa shape index (κ1) is 13.1. The average molecular weight is 294 g/mol. The van der Waals surface area contributed by atoms with E-state index in [1.54, 1.807) is 6.20 Å². The number of aryl methyl sites for hydroxylation is 2.